The number of esters is 1. The van der Waals surface area contributed by atoms with Crippen LogP contribution in [0.1, 0.15) is 12.5 Å². The highest BCUT2D eigenvalue weighted by atomic mass is 19.1. The van der Waals surface area contributed by atoms with E-state index in [1.807, 2.05) is 24.3 Å². The van der Waals surface area contributed by atoms with Gasteiger partial charge in [0.25, 0.3) is 0 Å². The van der Waals surface area contributed by atoms with Crippen molar-refractivity contribution in [1.82, 2.24) is 0 Å². The van der Waals surface area contributed by atoms with Crippen LogP contribution in [-0.4, -0.2) is 13.1 Å². The topological polar surface area (TPSA) is 35.5 Å². The van der Waals surface area contributed by atoms with Crippen molar-refractivity contribution in [2.45, 2.75) is 6.92 Å². The van der Waals surface area contributed by atoms with Gasteiger partial charge in [-0.25, -0.2) is 13.6 Å². The van der Waals surface area contributed by atoms with Gasteiger partial charge in [0.15, 0.2) is 23.1 Å². The molecule has 162 valence electrons. The quantitative estimate of drug-likeness (QED) is 0.175. The highest BCUT2D eigenvalue weighted by Crippen LogP contribution is 2.33. The number of rotatable bonds is 7. The van der Waals surface area contributed by atoms with Gasteiger partial charge < -0.3 is 9.47 Å². The maximum absolute atomic E-state index is 14.5. The van der Waals surface area contributed by atoms with Crippen molar-refractivity contribution in [3.8, 4) is 33.8 Å². The summed E-state index contributed by atoms with van der Waals surface area (Å²) >= 11 is 0. The number of halogens is 2. The van der Waals surface area contributed by atoms with E-state index in [0.29, 0.717) is 11.1 Å². The van der Waals surface area contributed by atoms with E-state index in [4.69, 9.17) is 9.47 Å². The summed E-state index contributed by atoms with van der Waals surface area (Å²) in [6, 6.07) is 14.6. The van der Waals surface area contributed by atoms with Crippen LogP contribution >= 0.6 is 0 Å². The van der Waals surface area contributed by atoms with Gasteiger partial charge in [-0.2, -0.15) is 0 Å². The second-order valence-corrected chi connectivity index (χ2v) is 7.06. The molecule has 3 nitrogen and oxygen atoms in total. The smallest absolute Gasteiger partial charge is 0.338 e. The second-order valence-electron chi connectivity index (χ2n) is 7.06. The molecule has 0 spiro atoms. The SMILES string of the molecule is C=C/C=C/c1cc(-c2ccc(OC(=O)C(=C)C)c(F)c2)ccc1-c1ccc(OC)c(F)c1. The Morgan fingerprint density at radius 3 is 2.12 bits per heavy atom. The molecule has 32 heavy (non-hydrogen) atoms. The summed E-state index contributed by atoms with van der Waals surface area (Å²) in [4.78, 5) is 11.7. The molecule has 0 aromatic heterocycles. The van der Waals surface area contributed by atoms with E-state index in [1.165, 1.54) is 32.2 Å². The van der Waals surface area contributed by atoms with Gasteiger partial charge in [0.05, 0.1) is 7.11 Å². The van der Waals surface area contributed by atoms with Crippen molar-refractivity contribution in [2.75, 3.05) is 7.11 Å². The van der Waals surface area contributed by atoms with Crippen LogP contribution in [0.25, 0.3) is 28.3 Å². The number of allylic oxidation sites excluding steroid dienone is 2. The molecule has 3 aromatic carbocycles. The zero-order valence-corrected chi connectivity index (χ0v) is 17.8. The van der Waals surface area contributed by atoms with Crippen LogP contribution in [0.15, 0.2) is 85.5 Å². The molecule has 0 saturated heterocycles. The van der Waals surface area contributed by atoms with Gasteiger partial charge in [0.1, 0.15) is 0 Å². The fraction of sp³-hybridized carbons (Fsp3) is 0.0741. The van der Waals surface area contributed by atoms with E-state index < -0.39 is 17.6 Å². The van der Waals surface area contributed by atoms with Crippen LogP contribution in [0.5, 0.6) is 11.5 Å². The normalized spacial score (nSPS) is 10.8. The summed E-state index contributed by atoms with van der Waals surface area (Å²) in [7, 11) is 1.41. The van der Waals surface area contributed by atoms with Crippen LogP contribution < -0.4 is 9.47 Å². The third-order valence-corrected chi connectivity index (χ3v) is 4.74. The Kier molecular flexibility index (Phi) is 7.00. The lowest BCUT2D eigenvalue weighted by atomic mass is 9.94. The zero-order chi connectivity index (χ0) is 23.3. The first-order chi connectivity index (χ1) is 15.3. The van der Waals surface area contributed by atoms with Crippen molar-refractivity contribution < 1.29 is 23.0 Å². The van der Waals surface area contributed by atoms with Crippen LogP contribution in [0.2, 0.25) is 0 Å². The van der Waals surface area contributed by atoms with Gasteiger partial charge in [-0.15, -0.1) is 0 Å². The molecular weight excluding hydrogens is 410 g/mol. The summed E-state index contributed by atoms with van der Waals surface area (Å²) in [6.45, 7) is 8.67. The van der Waals surface area contributed by atoms with E-state index in [1.54, 1.807) is 30.4 Å². The van der Waals surface area contributed by atoms with E-state index in [2.05, 4.69) is 13.2 Å². The molecule has 0 radical (unpaired) electrons. The van der Waals surface area contributed by atoms with Crippen molar-refractivity contribution in [2.24, 2.45) is 0 Å². The molecule has 0 unspecified atom stereocenters. The molecule has 5 heteroatoms. The number of hydrogen-bond donors (Lipinski definition) is 0. The maximum atomic E-state index is 14.5. The lowest BCUT2D eigenvalue weighted by Crippen LogP contribution is -2.09. The fourth-order valence-corrected chi connectivity index (χ4v) is 3.10. The molecule has 0 atom stereocenters. The molecule has 0 heterocycles. The molecule has 0 bridgehead atoms. The summed E-state index contributed by atoms with van der Waals surface area (Å²) in [6.07, 6.45) is 5.24. The third kappa shape index (κ3) is 5.01. The number of carbonyl (C=O) groups excluding carboxylic acids is 1. The molecule has 0 N–H and O–H groups in total. The van der Waals surface area contributed by atoms with Gasteiger partial charge in [0.2, 0.25) is 0 Å². The van der Waals surface area contributed by atoms with Gasteiger partial charge in [-0.1, -0.05) is 55.7 Å². The molecule has 0 fully saturated rings. The lowest BCUT2D eigenvalue weighted by Gasteiger charge is -2.12. The van der Waals surface area contributed by atoms with Gasteiger partial charge >= 0.3 is 5.97 Å². The van der Waals surface area contributed by atoms with Crippen molar-refractivity contribution in [3.05, 3.63) is 103 Å². The Morgan fingerprint density at radius 2 is 1.50 bits per heavy atom. The summed E-state index contributed by atoms with van der Waals surface area (Å²) in [5, 5.41) is 0. The van der Waals surface area contributed by atoms with Crippen molar-refractivity contribution >= 4 is 12.0 Å². The zero-order valence-electron chi connectivity index (χ0n) is 17.8. The summed E-state index contributed by atoms with van der Waals surface area (Å²) in [5.41, 5.74) is 3.77. The molecular formula is C27H22F2O3. The monoisotopic (exact) mass is 432 g/mol. The first-order valence-corrected chi connectivity index (χ1v) is 9.78. The number of ether oxygens (including phenoxy) is 2. The predicted octanol–water partition coefficient (Wildman–Crippen LogP) is 6.99. The minimum Gasteiger partial charge on any atom is -0.494 e. The van der Waals surface area contributed by atoms with Gasteiger partial charge in [0, 0.05) is 5.57 Å². The Morgan fingerprint density at radius 1 is 0.906 bits per heavy atom. The maximum Gasteiger partial charge on any atom is 0.338 e. The number of hydrogen-bond acceptors (Lipinski definition) is 3. The van der Waals surface area contributed by atoms with Crippen molar-refractivity contribution in [1.29, 1.82) is 0 Å². The number of carbonyl (C=O) groups is 1. The number of benzene rings is 3. The Hall–Kier alpha value is -3.99. The van der Waals surface area contributed by atoms with Crippen LogP contribution in [0.4, 0.5) is 8.78 Å². The Labute approximate surface area is 185 Å². The first kappa shape index (κ1) is 22.7. The molecule has 0 saturated carbocycles. The molecule has 0 aliphatic carbocycles. The molecule has 3 aromatic rings. The van der Waals surface area contributed by atoms with Crippen molar-refractivity contribution in [3.63, 3.8) is 0 Å². The van der Waals surface area contributed by atoms with Gasteiger partial charge in [-0.3, -0.25) is 0 Å². The number of methoxy groups -OCH3 is 1. The Balaban J connectivity index is 2.02. The standard InChI is InChI=1S/C27H22F2O3/c1-5-6-7-20-14-18(8-11-22(20)21-10-12-25(31-4)23(28)16-21)19-9-13-26(24(29)15-19)32-27(30)17(2)3/h5-16H,1-2H2,3-4H3/b7-6+. The minimum atomic E-state index is -0.690. The average molecular weight is 432 g/mol. The Bertz CT molecular complexity index is 1230. The van der Waals surface area contributed by atoms with E-state index in [-0.39, 0.29) is 17.1 Å². The first-order valence-electron chi connectivity index (χ1n) is 9.78. The predicted molar refractivity (Wildman–Crippen MR) is 123 cm³/mol. The van der Waals surface area contributed by atoms with E-state index >= 15 is 0 Å². The average Bonchev–Trinajstić information content (AvgIpc) is 2.78. The lowest BCUT2D eigenvalue weighted by molar-refractivity contribution is -0.130. The third-order valence-electron chi connectivity index (χ3n) is 4.74. The van der Waals surface area contributed by atoms with E-state index in [9.17, 15) is 13.6 Å². The highest BCUT2D eigenvalue weighted by molar-refractivity contribution is 5.89. The molecule has 0 aliphatic rings. The van der Waals surface area contributed by atoms with Crippen LogP contribution in [0.3, 0.4) is 0 Å². The molecule has 3 rings (SSSR count). The summed E-state index contributed by atoms with van der Waals surface area (Å²) in [5.74, 6) is -1.82. The second kappa shape index (κ2) is 9.88. The minimum absolute atomic E-state index is 0.163. The highest BCUT2D eigenvalue weighted by Gasteiger charge is 2.13. The summed E-state index contributed by atoms with van der Waals surface area (Å²) < 4.78 is 38.8. The largest absolute Gasteiger partial charge is 0.494 e. The van der Waals surface area contributed by atoms with Gasteiger partial charge in [-0.05, 0) is 65.1 Å². The van der Waals surface area contributed by atoms with Crippen LogP contribution in [-0.2, 0) is 4.79 Å². The molecule has 0 amide bonds. The molecule has 0 aliphatic heterocycles. The van der Waals surface area contributed by atoms with Crippen LogP contribution in [0, 0.1) is 11.6 Å². The fourth-order valence-electron chi connectivity index (χ4n) is 3.10. The van der Waals surface area contributed by atoms with E-state index in [0.717, 1.165) is 16.7 Å².